The molecule has 1 aromatic rings. The predicted octanol–water partition coefficient (Wildman–Crippen LogP) is 1.20. The number of nitrogens with zero attached hydrogens (tertiary/aromatic N) is 1. The molecule has 3 rings (SSSR count). The maximum Gasteiger partial charge on any atom is 0.303 e. The van der Waals surface area contributed by atoms with Crippen molar-refractivity contribution in [3.05, 3.63) is 29.8 Å². The average molecular weight is 377 g/mol. The lowest BCUT2D eigenvalue weighted by Crippen LogP contribution is -2.62. The number of hydrogen-bond donors (Lipinski definition) is 0. The minimum Gasteiger partial charge on any atom is -0.456 e. The molecule has 0 spiro atoms. The van der Waals surface area contributed by atoms with Crippen molar-refractivity contribution in [3.63, 3.8) is 0 Å². The minimum absolute atomic E-state index is 0.0264. The van der Waals surface area contributed by atoms with Gasteiger partial charge in [-0.2, -0.15) is 0 Å². The van der Waals surface area contributed by atoms with Gasteiger partial charge in [0, 0.05) is 33.0 Å². The lowest BCUT2D eigenvalue weighted by molar-refractivity contribution is -0.225. The summed E-state index contributed by atoms with van der Waals surface area (Å²) in [4.78, 5) is 36.8. The number of benzene rings is 1. The van der Waals surface area contributed by atoms with Crippen LogP contribution in [-0.4, -0.2) is 55.6 Å². The van der Waals surface area contributed by atoms with Crippen LogP contribution in [0.5, 0.6) is 0 Å². The highest BCUT2D eigenvalue weighted by Crippen LogP contribution is 2.35. The first-order valence-corrected chi connectivity index (χ1v) is 8.84. The third-order valence-corrected chi connectivity index (χ3v) is 4.55. The van der Waals surface area contributed by atoms with E-state index in [1.165, 1.54) is 20.8 Å². The molecule has 0 amide bonds. The minimum atomic E-state index is -0.957. The molecule has 1 saturated heterocycles. The van der Waals surface area contributed by atoms with Crippen molar-refractivity contribution in [2.75, 3.05) is 18.1 Å². The first-order valence-electron chi connectivity index (χ1n) is 8.84. The maximum absolute atomic E-state index is 11.7. The monoisotopic (exact) mass is 377 g/mol. The van der Waals surface area contributed by atoms with Crippen LogP contribution >= 0.6 is 0 Å². The summed E-state index contributed by atoms with van der Waals surface area (Å²) in [6, 6.07) is 7.89. The normalized spacial score (nSPS) is 26.9. The summed E-state index contributed by atoms with van der Waals surface area (Å²) in [6.07, 6.45) is -2.58. The smallest absolute Gasteiger partial charge is 0.303 e. The number of para-hydroxylation sites is 1. The summed E-state index contributed by atoms with van der Waals surface area (Å²) < 4.78 is 22.1. The molecule has 0 unspecified atom stereocenters. The molecule has 8 nitrogen and oxygen atoms in total. The molecule has 8 heteroatoms. The van der Waals surface area contributed by atoms with Crippen molar-refractivity contribution >= 4 is 23.6 Å². The highest BCUT2D eigenvalue weighted by molar-refractivity contribution is 5.68. The van der Waals surface area contributed by atoms with Gasteiger partial charge in [-0.05, 0) is 18.1 Å². The fraction of sp³-hybridized carbons (Fsp3) is 0.526. The number of esters is 3. The molecule has 2 aliphatic heterocycles. The summed E-state index contributed by atoms with van der Waals surface area (Å²) in [5, 5.41) is 0. The van der Waals surface area contributed by atoms with Crippen molar-refractivity contribution < 1.29 is 33.3 Å². The second kappa shape index (κ2) is 7.96. The fourth-order valence-electron chi connectivity index (χ4n) is 3.62. The van der Waals surface area contributed by atoms with E-state index in [0.29, 0.717) is 6.54 Å². The second-order valence-electron chi connectivity index (χ2n) is 6.59. The molecule has 2 aliphatic rings. The summed E-state index contributed by atoms with van der Waals surface area (Å²) in [7, 11) is 0. The van der Waals surface area contributed by atoms with Gasteiger partial charge in [-0.1, -0.05) is 18.2 Å². The van der Waals surface area contributed by atoms with E-state index >= 15 is 0 Å². The van der Waals surface area contributed by atoms with Gasteiger partial charge in [0.2, 0.25) is 0 Å². The van der Waals surface area contributed by atoms with Crippen LogP contribution in [0.15, 0.2) is 24.3 Å². The lowest BCUT2D eigenvalue weighted by atomic mass is 10.0. The number of ether oxygens (including phenoxy) is 4. The summed E-state index contributed by atoms with van der Waals surface area (Å²) in [6.45, 7) is 4.49. The Kier molecular flexibility index (Phi) is 5.65. The molecule has 0 radical (unpaired) electrons. The van der Waals surface area contributed by atoms with E-state index < -0.39 is 42.4 Å². The van der Waals surface area contributed by atoms with E-state index in [-0.39, 0.29) is 6.61 Å². The van der Waals surface area contributed by atoms with Gasteiger partial charge < -0.3 is 23.8 Å². The molecule has 0 bridgehead atoms. The first-order chi connectivity index (χ1) is 12.9. The summed E-state index contributed by atoms with van der Waals surface area (Å²) in [5.41, 5.74) is 2.14. The molecule has 0 aromatic heterocycles. The molecule has 2 heterocycles. The van der Waals surface area contributed by atoms with Gasteiger partial charge in [-0.25, -0.2) is 0 Å². The largest absolute Gasteiger partial charge is 0.456 e. The third kappa shape index (κ3) is 4.21. The van der Waals surface area contributed by atoms with E-state index in [9.17, 15) is 14.4 Å². The van der Waals surface area contributed by atoms with Crippen LogP contribution < -0.4 is 4.90 Å². The Morgan fingerprint density at radius 2 is 1.59 bits per heavy atom. The van der Waals surface area contributed by atoms with Gasteiger partial charge in [0.25, 0.3) is 0 Å². The molecule has 0 N–H and O–H groups in total. The van der Waals surface area contributed by atoms with Crippen LogP contribution in [0.4, 0.5) is 5.69 Å². The second-order valence-corrected chi connectivity index (χ2v) is 6.59. The van der Waals surface area contributed by atoms with E-state index in [2.05, 4.69) is 0 Å². The van der Waals surface area contributed by atoms with Crippen LogP contribution in [0.2, 0.25) is 0 Å². The molecular weight excluding hydrogens is 354 g/mol. The zero-order valence-electron chi connectivity index (χ0n) is 15.5. The van der Waals surface area contributed by atoms with Gasteiger partial charge in [-0.3, -0.25) is 14.4 Å². The number of carbonyl (C=O) groups is 3. The van der Waals surface area contributed by atoms with Crippen LogP contribution in [0.1, 0.15) is 26.3 Å². The van der Waals surface area contributed by atoms with Gasteiger partial charge >= 0.3 is 17.9 Å². The van der Waals surface area contributed by atoms with E-state index in [1.54, 1.807) is 0 Å². The average Bonchev–Trinajstić information content (AvgIpc) is 3.00. The zero-order valence-corrected chi connectivity index (χ0v) is 15.5. The molecule has 146 valence electrons. The third-order valence-electron chi connectivity index (χ3n) is 4.55. The van der Waals surface area contributed by atoms with Gasteiger partial charge in [0.05, 0.1) is 6.61 Å². The van der Waals surface area contributed by atoms with Crippen LogP contribution in [0.3, 0.4) is 0 Å². The highest BCUT2D eigenvalue weighted by atomic mass is 16.6. The molecule has 1 aromatic carbocycles. The molecule has 0 saturated carbocycles. The number of carbonyl (C=O) groups excluding carboxylic acids is 3. The molecule has 0 aliphatic carbocycles. The first kappa shape index (κ1) is 19.2. The Labute approximate surface area is 157 Å². The zero-order chi connectivity index (χ0) is 19.6. The van der Waals surface area contributed by atoms with Crippen LogP contribution in [-0.2, 0) is 39.8 Å². The van der Waals surface area contributed by atoms with Crippen LogP contribution in [0.25, 0.3) is 0 Å². The van der Waals surface area contributed by atoms with Gasteiger partial charge in [0.15, 0.2) is 24.5 Å². The Morgan fingerprint density at radius 1 is 0.963 bits per heavy atom. The molecule has 4 atom stereocenters. The van der Waals surface area contributed by atoms with Crippen molar-refractivity contribution in [3.8, 4) is 0 Å². The maximum atomic E-state index is 11.7. The summed E-state index contributed by atoms with van der Waals surface area (Å²) >= 11 is 0. The van der Waals surface area contributed by atoms with E-state index in [1.807, 2.05) is 29.2 Å². The Balaban J connectivity index is 1.92. The molecule has 1 fully saturated rings. The standard InChI is InChI=1S/C19H23NO7/c1-11(21)25-16-10-24-19(18(27-13(3)23)17(16)26-12(2)22)20-9-8-14-6-4-5-7-15(14)20/h4-7,16-19H,8-10H2,1-3H3/t16-,17+,18-,19-/m0/s1. The van der Waals surface area contributed by atoms with Gasteiger partial charge in [0.1, 0.15) is 0 Å². The van der Waals surface area contributed by atoms with Crippen LogP contribution in [0, 0.1) is 0 Å². The van der Waals surface area contributed by atoms with Crippen molar-refractivity contribution in [2.45, 2.75) is 51.7 Å². The quantitative estimate of drug-likeness (QED) is 0.571. The number of hydrogen-bond acceptors (Lipinski definition) is 8. The van der Waals surface area contributed by atoms with E-state index in [4.69, 9.17) is 18.9 Å². The summed E-state index contributed by atoms with van der Waals surface area (Å²) in [5.74, 6) is -1.63. The number of fused-ring (bicyclic) bond motifs is 1. The Hall–Kier alpha value is -2.61. The van der Waals surface area contributed by atoms with Crippen molar-refractivity contribution in [2.24, 2.45) is 0 Å². The predicted molar refractivity (Wildman–Crippen MR) is 93.9 cm³/mol. The van der Waals surface area contributed by atoms with E-state index in [0.717, 1.165) is 17.7 Å². The fourth-order valence-corrected chi connectivity index (χ4v) is 3.62. The molecule has 27 heavy (non-hydrogen) atoms. The molecular formula is C19H23NO7. The topological polar surface area (TPSA) is 91.4 Å². The van der Waals surface area contributed by atoms with Crippen molar-refractivity contribution in [1.29, 1.82) is 0 Å². The number of rotatable bonds is 4. The Bertz CT molecular complexity index is 735. The highest BCUT2D eigenvalue weighted by Gasteiger charge is 2.49. The number of anilines is 1. The SMILES string of the molecule is CC(=O)O[C@H]1[C@H](OC(C)=O)[C@@H](N2CCc3ccccc32)OC[C@@H]1OC(C)=O. The van der Waals surface area contributed by atoms with Gasteiger partial charge in [-0.15, -0.1) is 0 Å². The Morgan fingerprint density at radius 3 is 2.26 bits per heavy atom. The lowest BCUT2D eigenvalue weighted by Gasteiger charge is -2.44. The van der Waals surface area contributed by atoms with Crippen molar-refractivity contribution in [1.82, 2.24) is 0 Å².